The van der Waals surface area contributed by atoms with Crippen molar-refractivity contribution in [2.75, 3.05) is 0 Å². The van der Waals surface area contributed by atoms with Crippen LogP contribution >= 0.6 is 7.94 Å². The van der Waals surface area contributed by atoms with Crippen LogP contribution in [0.3, 0.4) is 0 Å². The average molecular weight is 340 g/mol. The van der Waals surface area contributed by atoms with E-state index in [1.165, 1.54) is 0 Å². The van der Waals surface area contributed by atoms with Crippen molar-refractivity contribution in [1.29, 1.82) is 0 Å². The third-order valence-electron chi connectivity index (χ3n) is 3.15. The Morgan fingerprint density at radius 3 is 1.08 bits per heavy atom. The van der Waals surface area contributed by atoms with Crippen LogP contribution in [0.25, 0.3) is 0 Å². The minimum absolute atomic E-state index is 0.517. The number of carbonyl (C=O) groups excluding carboxylic acids is 1. The van der Waals surface area contributed by atoms with Crippen molar-refractivity contribution in [3.05, 3.63) is 91.0 Å². The quantitative estimate of drug-likeness (QED) is 0.453. The van der Waals surface area contributed by atoms with Crippen molar-refractivity contribution < 1.29 is 18.4 Å². The molecule has 3 rings (SSSR count). The van der Waals surface area contributed by atoms with E-state index in [9.17, 15) is 4.79 Å². The van der Waals surface area contributed by atoms with Gasteiger partial charge in [-0.3, -0.25) is 0 Å². The van der Waals surface area contributed by atoms with Crippen LogP contribution in [-0.2, 0) is 4.79 Å². The molecule has 0 unspecified atom stereocenters. The van der Waals surface area contributed by atoms with Gasteiger partial charge in [0, 0.05) is 0 Å². The van der Waals surface area contributed by atoms with Crippen LogP contribution in [0.15, 0.2) is 91.0 Å². The summed E-state index contributed by atoms with van der Waals surface area (Å²) in [5, 5.41) is 0. The molecular formula is C19H17O4P. The summed E-state index contributed by atoms with van der Waals surface area (Å²) in [6.45, 7) is 0. The van der Waals surface area contributed by atoms with Crippen LogP contribution in [0.4, 0.5) is 0 Å². The molecule has 0 radical (unpaired) electrons. The molecule has 0 aliphatic heterocycles. The van der Waals surface area contributed by atoms with Crippen LogP contribution < -0.4 is 13.6 Å². The zero-order valence-electron chi connectivity index (χ0n) is 12.9. The number of para-hydroxylation sites is 3. The minimum atomic E-state index is -3.67. The number of benzene rings is 3. The molecule has 0 aliphatic rings. The molecule has 3 aromatic rings. The molecule has 0 saturated carbocycles. The van der Waals surface area contributed by atoms with E-state index in [4.69, 9.17) is 13.6 Å². The summed E-state index contributed by atoms with van der Waals surface area (Å²) in [4.78, 5) is 11.9. The molecule has 0 bridgehead atoms. The van der Waals surface area contributed by atoms with Crippen molar-refractivity contribution in [1.82, 2.24) is 0 Å². The van der Waals surface area contributed by atoms with Gasteiger partial charge in [0.15, 0.2) is 0 Å². The normalized spacial score (nSPS) is 11.3. The summed E-state index contributed by atoms with van der Waals surface area (Å²) in [5.41, 5.74) is 0. The summed E-state index contributed by atoms with van der Waals surface area (Å²) < 4.78 is 17.7. The molecule has 0 heterocycles. The van der Waals surface area contributed by atoms with E-state index < -0.39 is 7.94 Å². The van der Waals surface area contributed by atoms with Gasteiger partial charge < -0.3 is 0 Å². The molecular weight excluding hydrogens is 323 g/mol. The van der Waals surface area contributed by atoms with Gasteiger partial charge in [-0.15, -0.1) is 0 Å². The van der Waals surface area contributed by atoms with Crippen LogP contribution in [-0.4, -0.2) is 6.03 Å². The first-order valence-electron chi connectivity index (χ1n) is 7.48. The monoisotopic (exact) mass is 340 g/mol. The first-order chi connectivity index (χ1) is 11.8. The fraction of sp³-hybridized carbons (Fsp3) is 0. The van der Waals surface area contributed by atoms with E-state index in [2.05, 4.69) is 0 Å². The fourth-order valence-corrected chi connectivity index (χ4v) is 3.76. The molecule has 0 spiro atoms. The van der Waals surface area contributed by atoms with Crippen LogP contribution in [0.5, 0.6) is 17.2 Å². The second kappa shape index (κ2) is 7.62. The SMILES string of the molecule is O=C[PH](Oc1ccccc1)(Oc1ccccc1)Oc1ccccc1. The number of carbonyl (C=O) groups is 1. The third kappa shape index (κ3) is 4.12. The van der Waals surface area contributed by atoms with E-state index >= 15 is 0 Å². The van der Waals surface area contributed by atoms with Crippen molar-refractivity contribution in [2.45, 2.75) is 0 Å². The molecule has 122 valence electrons. The Morgan fingerprint density at radius 2 is 0.833 bits per heavy atom. The Bertz CT molecular complexity index is 662. The molecule has 0 N–H and O–H groups in total. The van der Waals surface area contributed by atoms with Gasteiger partial charge in [0.1, 0.15) is 0 Å². The molecule has 0 saturated heterocycles. The van der Waals surface area contributed by atoms with E-state index in [-0.39, 0.29) is 0 Å². The fourth-order valence-electron chi connectivity index (χ4n) is 2.09. The topological polar surface area (TPSA) is 44.8 Å². The average Bonchev–Trinajstić information content (AvgIpc) is 2.64. The first kappa shape index (κ1) is 16.0. The van der Waals surface area contributed by atoms with Gasteiger partial charge in [0.05, 0.1) is 0 Å². The van der Waals surface area contributed by atoms with E-state index in [0.29, 0.717) is 23.3 Å². The van der Waals surface area contributed by atoms with Gasteiger partial charge in [0.2, 0.25) is 0 Å². The molecule has 0 aliphatic carbocycles. The zero-order valence-corrected chi connectivity index (χ0v) is 13.9. The van der Waals surface area contributed by atoms with Gasteiger partial charge in [-0.1, -0.05) is 0 Å². The summed E-state index contributed by atoms with van der Waals surface area (Å²) in [7, 11) is -3.67. The number of rotatable bonds is 7. The Morgan fingerprint density at radius 1 is 0.542 bits per heavy atom. The first-order valence-corrected chi connectivity index (χ1v) is 9.28. The van der Waals surface area contributed by atoms with Gasteiger partial charge in [-0.05, 0) is 0 Å². The van der Waals surface area contributed by atoms with Crippen molar-refractivity contribution in [3.8, 4) is 17.2 Å². The Hall–Kier alpha value is -2.84. The van der Waals surface area contributed by atoms with Gasteiger partial charge in [0.25, 0.3) is 0 Å². The Labute approximate surface area is 141 Å². The molecule has 0 atom stereocenters. The van der Waals surface area contributed by atoms with Gasteiger partial charge in [-0.25, -0.2) is 0 Å². The summed E-state index contributed by atoms with van der Waals surface area (Å²) in [6, 6.07) is 27.7. The van der Waals surface area contributed by atoms with E-state index in [0.717, 1.165) is 0 Å². The Balaban J connectivity index is 1.92. The molecule has 5 heteroatoms. The maximum atomic E-state index is 11.9. The predicted molar refractivity (Wildman–Crippen MR) is 96.3 cm³/mol. The summed E-state index contributed by atoms with van der Waals surface area (Å²) in [6.07, 6.45) is 0. The van der Waals surface area contributed by atoms with Crippen molar-refractivity contribution >= 4 is 14.0 Å². The standard InChI is InChI=1S/C19H17O4P/c20-16-24(21-17-10-4-1-5-11-17,22-18-12-6-2-7-13-18)23-19-14-8-3-9-15-19/h1-16,24H. The molecule has 0 amide bonds. The van der Waals surface area contributed by atoms with E-state index in [1.54, 1.807) is 36.4 Å². The third-order valence-corrected chi connectivity index (χ3v) is 5.00. The molecule has 24 heavy (non-hydrogen) atoms. The summed E-state index contributed by atoms with van der Waals surface area (Å²) in [5.74, 6) is 1.55. The number of hydrogen-bond acceptors (Lipinski definition) is 4. The van der Waals surface area contributed by atoms with E-state index in [1.807, 2.05) is 54.6 Å². The summed E-state index contributed by atoms with van der Waals surface area (Å²) >= 11 is 0. The predicted octanol–water partition coefficient (Wildman–Crippen LogP) is 4.91. The van der Waals surface area contributed by atoms with Crippen LogP contribution in [0.1, 0.15) is 0 Å². The van der Waals surface area contributed by atoms with Gasteiger partial charge >= 0.3 is 141 Å². The van der Waals surface area contributed by atoms with Crippen molar-refractivity contribution in [2.24, 2.45) is 0 Å². The molecule has 3 aromatic carbocycles. The van der Waals surface area contributed by atoms with Crippen LogP contribution in [0, 0.1) is 0 Å². The second-order valence-corrected chi connectivity index (χ2v) is 7.02. The molecule has 0 aromatic heterocycles. The van der Waals surface area contributed by atoms with Crippen LogP contribution in [0.2, 0.25) is 0 Å². The Kier molecular flexibility index (Phi) is 5.09. The van der Waals surface area contributed by atoms with Crippen molar-refractivity contribution in [3.63, 3.8) is 0 Å². The molecule has 0 fully saturated rings. The zero-order chi connectivity index (χ0) is 16.7. The maximum absolute atomic E-state index is 11.9. The number of hydrogen-bond donors (Lipinski definition) is 0. The second-order valence-electron chi connectivity index (χ2n) is 4.97. The van der Waals surface area contributed by atoms with Gasteiger partial charge in [-0.2, -0.15) is 0 Å². The molecule has 4 nitrogen and oxygen atoms in total.